The van der Waals surface area contributed by atoms with E-state index in [1.807, 2.05) is 38.1 Å². The molecular weight excluding hydrogens is 849 g/mol. The van der Waals surface area contributed by atoms with Crippen LogP contribution in [0.1, 0.15) is 33.1 Å². The Morgan fingerprint density at radius 2 is 0.754 bits per heavy atom. The van der Waals surface area contributed by atoms with Gasteiger partial charge in [0, 0.05) is 56.6 Å². The Balaban J connectivity index is 0.833. The molecule has 0 amide bonds. The standard InChI is InChI=1S/C55H50N2O6S2/c1-3-58-36-62-52-48(56-44-26-12-6-20-38(44)39-21-7-13-27-45(39)56)34-64-54(52)42-24-10-16-30-50(42)60-32-18-5-19-33-61-51-31-17-11-25-43(51)55-53(63-37-59-4-2)49(35-65-55)57-46-28-14-8-22-40(46)41-23-9-15-29-47(41)57/h6-17,20-31,34-35H,3-5,18-19,32-33,36-37H2,1-2H3. The van der Waals surface area contributed by atoms with Crippen LogP contribution in [0.15, 0.2) is 156 Å². The smallest absolute Gasteiger partial charge is 0.189 e. The van der Waals surface area contributed by atoms with Crippen LogP contribution < -0.4 is 18.9 Å². The molecule has 0 unspecified atom stereocenters. The van der Waals surface area contributed by atoms with Crippen LogP contribution in [0.2, 0.25) is 0 Å². The van der Waals surface area contributed by atoms with Crippen LogP contribution in [0.25, 0.3) is 75.9 Å². The summed E-state index contributed by atoms with van der Waals surface area (Å²) in [5, 5.41) is 9.18. The van der Waals surface area contributed by atoms with Gasteiger partial charge in [-0.2, -0.15) is 0 Å². The number of rotatable bonds is 20. The highest BCUT2D eigenvalue weighted by molar-refractivity contribution is 7.14. The molecule has 10 heteroatoms. The van der Waals surface area contributed by atoms with E-state index in [0.717, 1.165) is 96.6 Å². The van der Waals surface area contributed by atoms with Crippen molar-refractivity contribution >= 4 is 66.3 Å². The van der Waals surface area contributed by atoms with Gasteiger partial charge in [-0.05, 0) is 81.6 Å². The van der Waals surface area contributed by atoms with Crippen molar-refractivity contribution in [2.75, 3.05) is 40.0 Å². The average molecular weight is 899 g/mol. The minimum atomic E-state index is 0.153. The van der Waals surface area contributed by atoms with E-state index >= 15 is 0 Å². The minimum Gasteiger partial charge on any atom is -0.493 e. The zero-order chi connectivity index (χ0) is 44.0. The van der Waals surface area contributed by atoms with Gasteiger partial charge in [0.25, 0.3) is 0 Å². The largest absolute Gasteiger partial charge is 0.493 e. The Hall–Kier alpha value is -6.56. The number of benzene rings is 6. The van der Waals surface area contributed by atoms with E-state index in [9.17, 15) is 0 Å². The van der Waals surface area contributed by atoms with Crippen molar-refractivity contribution in [3.63, 3.8) is 0 Å². The molecule has 0 saturated heterocycles. The third-order valence-corrected chi connectivity index (χ3v) is 13.6. The third-order valence-electron chi connectivity index (χ3n) is 11.6. The number of fused-ring (bicyclic) bond motifs is 6. The van der Waals surface area contributed by atoms with Crippen molar-refractivity contribution in [3.8, 4) is 55.3 Å². The van der Waals surface area contributed by atoms with Crippen molar-refractivity contribution in [1.82, 2.24) is 9.13 Å². The second-order valence-corrected chi connectivity index (χ2v) is 17.3. The summed E-state index contributed by atoms with van der Waals surface area (Å²) in [7, 11) is 0. The summed E-state index contributed by atoms with van der Waals surface area (Å²) >= 11 is 3.32. The minimum absolute atomic E-state index is 0.153. The monoisotopic (exact) mass is 898 g/mol. The van der Waals surface area contributed by atoms with Crippen LogP contribution in [0.4, 0.5) is 0 Å². The number of thiophene rings is 2. The number of hydrogen-bond acceptors (Lipinski definition) is 8. The van der Waals surface area contributed by atoms with Crippen molar-refractivity contribution < 1.29 is 28.4 Å². The molecule has 0 bridgehead atoms. The summed E-state index contributed by atoms with van der Waals surface area (Å²) in [5.74, 6) is 3.21. The Morgan fingerprint density at radius 1 is 0.400 bits per heavy atom. The third kappa shape index (κ3) is 8.35. The molecular formula is C55H50N2O6S2. The second-order valence-electron chi connectivity index (χ2n) is 15.6. The molecule has 0 spiro atoms. The molecule has 0 saturated carbocycles. The number of para-hydroxylation sites is 6. The molecule has 0 radical (unpaired) electrons. The van der Waals surface area contributed by atoms with Gasteiger partial charge in [0.2, 0.25) is 0 Å². The Morgan fingerprint density at radius 3 is 1.14 bits per heavy atom. The lowest BCUT2D eigenvalue weighted by atomic mass is 10.1. The zero-order valence-electron chi connectivity index (χ0n) is 36.5. The summed E-state index contributed by atoms with van der Waals surface area (Å²) in [6, 6.07) is 50.6. The lowest BCUT2D eigenvalue weighted by Gasteiger charge is -2.15. The van der Waals surface area contributed by atoms with Gasteiger partial charge in [-0.25, -0.2) is 0 Å². The molecule has 4 heterocycles. The van der Waals surface area contributed by atoms with Crippen molar-refractivity contribution in [2.45, 2.75) is 33.1 Å². The van der Waals surface area contributed by atoms with Crippen LogP contribution in [0.5, 0.6) is 23.0 Å². The highest BCUT2D eigenvalue weighted by Crippen LogP contribution is 2.49. The molecule has 0 aliphatic rings. The first-order valence-corrected chi connectivity index (χ1v) is 24.1. The average Bonchev–Trinajstić information content (AvgIpc) is 4.12. The van der Waals surface area contributed by atoms with Crippen molar-refractivity contribution in [2.24, 2.45) is 0 Å². The maximum atomic E-state index is 6.54. The molecule has 4 aromatic heterocycles. The molecule has 328 valence electrons. The fourth-order valence-corrected chi connectivity index (χ4v) is 10.7. The van der Waals surface area contributed by atoms with Crippen LogP contribution in [0, 0.1) is 0 Å². The number of unbranched alkanes of at least 4 members (excludes halogenated alkanes) is 2. The fourth-order valence-electron chi connectivity index (χ4n) is 8.67. The molecule has 0 atom stereocenters. The van der Waals surface area contributed by atoms with E-state index in [1.54, 1.807) is 22.7 Å². The van der Waals surface area contributed by atoms with E-state index in [1.165, 1.54) is 21.5 Å². The van der Waals surface area contributed by atoms with Gasteiger partial charge in [0.05, 0.1) is 45.0 Å². The molecule has 0 N–H and O–H groups in total. The van der Waals surface area contributed by atoms with E-state index in [-0.39, 0.29) is 13.6 Å². The van der Waals surface area contributed by atoms with Crippen LogP contribution in [-0.4, -0.2) is 49.1 Å². The van der Waals surface area contributed by atoms with Crippen LogP contribution >= 0.6 is 22.7 Å². The molecule has 0 aliphatic heterocycles. The maximum Gasteiger partial charge on any atom is 0.189 e. The summed E-state index contributed by atoms with van der Waals surface area (Å²) in [5.41, 5.74) is 8.47. The Labute approximate surface area is 386 Å². The number of ether oxygens (including phenoxy) is 6. The van der Waals surface area contributed by atoms with Gasteiger partial charge in [0.1, 0.15) is 22.9 Å². The van der Waals surface area contributed by atoms with Gasteiger partial charge in [0.15, 0.2) is 25.1 Å². The van der Waals surface area contributed by atoms with Gasteiger partial charge in [-0.3, -0.25) is 0 Å². The first kappa shape index (κ1) is 42.4. The molecule has 10 aromatic rings. The van der Waals surface area contributed by atoms with E-state index < -0.39 is 0 Å². The van der Waals surface area contributed by atoms with Gasteiger partial charge >= 0.3 is 0 Å². The van der Waals surface area contributed by atoms with Crippen molar-refractivity contribution in [3.05, 3.63) is 156 Å². The summed E-state index contributed by atoms with van der Waals surface area (Å²) < 4.78 is 42.1. The van der Waals surface area contributed by atoms with Gasteiger partial charge < -0.3 is 37.6 Å². The van der Waals surface area contributed by atoms with Crippen LogP contribution in [-0.2, 0) is 9.47 Å². The van der Waals surface area contributed by atoms with Gasteiger partial charge in [-0.15, -0.1) is 22.7 Å². The van der Waals surface area contributed by atoms with E-state index in [4.69, 9.17) is 28.4 Å². The number of aromatic nitrogens is 2. The predicted molar refractivity (Wildman–Crippen MR) is 267 cm³/mol. The lowest BCUT2D eigenvalue weighted by molar-refractivity contribution is 0.0228. The molecule has 65 heavy (non-hydrogen) atoms. The molecule has 0 aliphatic carbocycles. The first-order chi connectivity index (χ1) is 32.2. The Kier molecular flexibility index (Phi) is 12.8. The highest BCUT2D eigenvalue weighted by Gasteiger charge is 2.24. The van der Waals surface area contributed by atoms with Gasteiger partial charge in [-0.1, -0.05) is 97.1 Å². The zero-order valence-corrected chi connectivity index (χ0v) is 38.2. The molecule has 6 aromatic carbocycles. The normalized spacial score (nSPS) is 11.6. The number of nitrogens with zero attached hydrogens (tertiary/aromatic N) is 2. The quantitative estimate of drug-likeness (QED) is 0.0561. The van der Waals surface area contributed by atoms with Crippen molar-refractivity contribution in [1.29, 1.82) is 0 Å². The predicted octanol–water partition coefficient (Wildman–Crippen LogP) is 14.7. The number of hydrogen-bond donors (Lipinski definition) is 0. The van der Waals surface area contributed by atoms with Crippen LogP contribution in [0.3, 0.4) is 0 Å². The van der Waals surface area contributed by atoms with E-state index in [2.05, 4.69) is 141 Å². The summed E-state index contributed by atoms with van der Waals surface area (Å²) in [6.07, 6.45) is 2.71. The molecule has 10 rings (SSSR count). The topological polar surface area (TPSA) is 65.2 Å². The first-order valence-electron chi connectivity index (χ1n) is 22.3. The fraction of sp³-hybridized carbons (Fsp3) is 0.200. The summed E-state index contributed by atoms with van der Waals surface area (Å²) in [6.45, 7) is 6.54. The Bertz CT molecular complexity index is 2890. The summed E-state index contributed by atoms with van der Waals surface area (Å²) in [4.78, 5) is 2.01. The lowest BCUT2D eigenvalue weighted by Crippen LogP contribution is -2.05. The SMILES string of the molecule is CCOCOc1c(-n2c3ccccc3c3ccccc32)csc1-c1ccccc1OCCCCCOc1ccccc1-c1scc(-n2c3ccccc3c3ccccc32)c1OCOCC. The molecule has 0 fully saturated rings. The highest BCUT2D eigenvalue weighted by atomic mass is 32.1. The van der Waals surface area contributed by atoms with E-state index in [0.29, 0.717) is 26.4 Å². The second kappa shape index (κ2) is 19.7. The maximum absolute atomic E-state index is 6.54. The molecule has 8 nitrogen and oxygen atoms in total.